The van der Waals surface area contributed by atoms with Crippen LogP contribution in [-0.4, -0.2) is 35.2 Å². The highest BCUT2D eigenvalue weighted by Crippen LogP contribution is 2.36. The molecule has 1 atom stereocenters. The van der Waals surface area contributed by atoms with E-state index in [4.69, 9.17) is 0 Å². The fourth-order valence-corrected chi connectivity index (χ4v) is 4.41. The van der Waals surface area contributed by atoms with Crippen molar-refractivity contribution in [1.82, 2.24) is 19.3 Å². The Labute approximate surface area is 181 Å². The van der Waals surface area contributed by atoms with Gasteiger partial charge in [-0.3, -0.25) is 9.55 Å². The molecule has 0 saturated heterocycles. The number of aromatic nitrogens is 3. The SMILES string of the molecule is Cc1ccc2c(C#N)c(-c3ccc(S(=O)(=O)NC(C)C(F)(F)F)cn3)n(C3=CC=C3)c2n1. The number of hydrogen-bond donors (Lipinski definition) is 1. The van der Waals surface area contributed by atoms with Gasteiger partial charge in [0, 0.05) is 23.0 Å². The van der Waals surface area contributed by atoms with Crippen LogP contribution in [0.25, 0.3) is 28.1 Å². The van der Waals surface area contributed by atoms with Crippen molar-refractivity contribution in [1.29, 1.82) is 5.26 Å². The first-order chi connectivity index (χ1) is 15.0. The molecule has 0 fully saturated rings. The Hall–Kier alpha value is -3.49. The molecule has 0 aliphatic heterocycles. The van der Waals surface area contributed by atoms with Crippen molar-refractivity contribution in [3.8, 4) is 17.5 Å². The van der Waals surface area contributed by atoms with Gasteiger partial charge in [0.05, 0.1) is 17.0 Å². The molecule has 11 heteroatoms. The first kappa shape index (κ1) is 21.7. The zero-order valence-corrected chi connectivity index (χ0v) is 17.7. The average molecular weight is 459 g/mol. The molecule has 32 heavy (non-hydrogen) atoms. The van der Waals surface area contributed by atoms with E-state index in [9.17, 15) is 26.9 Å². The topological polar surface area (TPSA) is 101 Å². The minimum absolute atomic E-state index is 0.279. The van der Waals surface area contributed by atoms with Crippen LogP contribution in [0.4, 0.5) is 13.2 Å². The molecule has 0 saturated carbocycles. The van der Waals surface area contributed by atoms with Crippen LogP contribution < -0.4 is 4.72 Å². The molecule has 0 radical (unpaired) electrons. The number of fused-ring (bicyclic) bond motifs is 1. The maximum Gasteiger partial charge on any atom is 0.404 e. The van der Waals surface area contributed by atoms with Crippen molar-refractivity contribution in [2.24, 2.45) is 0 Å². The van der Waals surface area contributed by atoms with Crippen molar-refractivity contribution in [2.45, 2.75) is 31.0 Å². The van der Waals surface area contributed by atoms with Crippen molar-refractivity contribution in [3.05, 3.63) is 59.9 Å². The summed E-state index contributed by atoms with van der Waals surface area (Å²) in [4.78, 5) is 8.28. The second kappa shape index (κ2) is 7.58. The number of halogens is 3. The number of pyridine rings is 2. The number of hydrogen-bond acceptors (Lipinski definition) is 5. The summed E-state index contributed by atoms with van der Waals surface area (Å²) in [6.45, 7) is 2.53. The normalized spacial score (nSPS) is 14.7. The second-order valence-electron chi connectivity index (χ2n) is 7.21. The number of sulfonamides is 1. The number of alkyl halides is 3. The van der Waals surface area contributed by atoms with E-state index in [2.05, 4.69) is 16.0 Å². The van der Waals surface area contributed by atoms with E-state index in [1.54, 1.807) is 21.4 Å². The average Bonchev–Trinajstić information content (AvgIpc) is 2.99. The largest absolute Gasteiger partial charge is 0.404 e. The standard InChI is InChI=1S/C21H16F3N5O2S/c1-12-6-8-16-17(10-25)19(29(20(16)27-12)14-4-3-5-14)18-9-7-15(11-26-18)32(30,31)28-13(2)21(22,23)24/h3-9,11,13,28H,1-2H3. The molecule has 0 bridgehead atoms. The zero-order chi connectivity index (χ0) is 23.3. The van der Waals surface area contributed by atoms with E-state index in [1.165, 1.54) is 6.07 Å². The minimum Gasteiger partial charge on any atom is -0.291 e. The van der Waals surface area contributed by atoms with Crippen LogP contribution in [0, 0.1) is 18.3 Å². The summed E-state index contributed by atoms with van der Waals surface area (Å²) < 4.78 is 66.3. The molecule has 1 aliphatic carbocycles. The molecule has 3 aromatic rings. The number of rotatable bonds is 5. The van der Waals surface area contributed by atoms with Crippen LogP contribution in [0.5, 0.6) is 0 Å². The monoisotopic (exact) mass is 459 g/mol. The number of aryl methyl sites for hydroxylation is 1. The Balaban J connectivity index is 1.82. The third-order valence-corrected chi connectivity index (χ3v) is 6.50. The van der Waals surface area contributed by atoms with Crippen LogP contribution in [0.1, 0.15) is 18.2 Å². The smallest absolute Gasteiger partial charge is 0.291 e. The lowest BCUT2D eigenvalue weighted by molar-refractivity contribution is -0.147. The van der Waals surface area contributed by atoms with Gasteiger partial charge in [0.1, 0.15) is 22.7 Å². The maximum atomic E-state index is 12.8. The van der Waals surface area contributed by atoms with Crippen molar-refractivity contribution < 1.29 is 21.6 Å². The predicted octanol–water partition coefficient (Wildman–Crippen LogP) is 3.92. The predicted molar refractivity (Wildman–Crippen MR) is 112 cm³/mol. The summed E-state index contributed by atoms with van der Waals surface area (Å²) in [7, 11) is -4.45. The molecule has 0 spiro atoms. The fraction of sp³-hybridized carbons (Fsp3) is 0.190. The van der Waals surface area contributed by atoms with Gasteiger partial charge in [-0.2, -0.15) is 23.2 Å². The van der Waals surface area contributed by atoms with Crippen molar-refractivity contribution >= 4 is 26.8 Å². The number of allylic oxidation sites excluding steroid dienone is 4. The highest BCUT2D eigenvalue weighted by atomic mass is 32.2. The van der Waals surface area contributed by atoms with Crippen molar-refractivity contribution in [2.75, 3.05) is 0 Å². The molecule has 3 heterocycles. The molecule has 1 unspecified atom stereocenters. The molecule has 164 valence electrons. The third-order valence-electron chi connectivity index (χ3n) is 4.97. The number of nitrogens with zero attached hydrogens (tertiary/aromatic N) is 4. The Morgan fingerprint density at radius 2 is 1.94 bits per heavy atom. The number of nitriles is 1. The van der Waals surface area contributed by atoms with Gasteiger partial charge in [0.15, 0.2) is 0 Å². The first-order valence-corrected chi connectivity index (χ1v) is 10.9. The van der Waals surface area contributed by atoms with Gasteiger partial charge < -0.3 is 0 Å². The summed E-state index contributed by atoms with van der Waals surface area (Å²) in [6.07, 6.45) is 1.72. The van der Waals surface area contributed by atoms with E-state index < -0.39 is 27.1 Å². The van der Waals surface area contributed by atoms with Crippen LogP contribution in [0.15, 0.2) is 53.6 Å². The minimum atomic E-state index is -4.72. The van der Waals surface area contributed by atoms with Crippen LogP contribution in [0.3, 0.4) is 0 Å². The zero-order valence-electron chi connectivity index (χ0n) is 16.8. The Morgan fingerprint density at radius 1 is 1.22 bits per heavy atom. The molecular formula is C21H16F3N5O2S. The lowest BCUT2D eigenvalue weighted by atomic mass is 10.1. The second-order valence-corrected chi connectivity index (χ2v) is 8.92. The molecule has 1 N–H and O–H groups in total. The van der Waals surface area contributed by atoms with Gasteiger partial charge in [-0.1, -0.05) is 6.08 Å². The Kier molecular flexibility index (Phi) is 5.15. The maximum absolute atomic E-state index is 12.8. The lowest BCUT2D eigenvalue weighted by Gasteiger charge is -2.17. The van der Waals surface area contributed by atoms with E-state index >= 15 is 0 Å². The van der Waals surface area contributed by atoms with Crippen LogP contribution >= 0.6 is 0 Å². The Morgan fingerprint density at radius 3 is 2.47 bits per heavy atom. The van der Waals surface area contributed by atoms with Gasteiger partial charge >= 0.3 is 6.18 Å². The summed E-state index contributed by atoms with van der Waals surface area (Å²) in [5.41, 5.74) is 3.06. The van der Waals surface area contributed by atoms with E-state index in [1.807, 2.05) is 25.2 Å². The molecule has 7 nitrogen and oxygen atoms in total. The molecule has 3 aromatic heterocycles. The van der Waals surface area contributed by atoms with E-state index in [0.29, 0.717) is 29.2 Å². The van der Waals surface area contributed by atoms with Gasteiger partial charge in [0.25, 0.3) is 0 Å². The molecule has 0 aromatic carbocycles. The summed E-state index contributed by atoms with van der Waals surface area (Å²) in [6, 6.07) is 5.97. The fourth-order valence-electron chi connectivity index (χ4n) is 3.24. The van der Waals surface area contributed by atoms with E-state index in [0.717, 1.165) is 23.7 Å². The summed E-state index contributed by atoms with van der Waals surface area (Å²) in [5, 5.41) is 10.4. The van der Waals surface area contributed by atoms with Gasteiger partial charge in [-0.15, -0.1) is 0 Å². The molecule has 0 amide bonds. The van der Waals surface area contributed by atoms with E-state index in [-0.39, 0.29) is 5.69 Å². The number of nitrogens with one attached hydrogen (secondary N) is 1. The summed E-state index contributed by atoms with van der Waals surface area (Å²) >= 11 is 0. The molecule has 1 aliphatic rings. The van der Waals surface area contributed by atoms with Gasteiger partial charge in [0.2, 0.25) is 10.0 Å². The van der Waals surface area contributed by atoms with Gasteiger partial charge in [-0.25, -0.2) is 13.4 Å². The lowest BCUT2D eigenvalue weighted by Crippen LogP contribution is -2.42. The van der Waals surface area contributed by atoms with Gasteiger partial charge in [-0.05, 0) is 50.3 Å². The van der Waals surface area contributed by atoms with Crippen LogP contribution in [-0.2, 0) is 10.0 Å². The van der Waals surface area contributed by atoms with Crippen LogP contribution in [0.2, 0.25) is 0 Å². The highest BCUT2D eigenvalue weighted by Gasteiger charge is 2.39. The molecular weight excluding hydrogens is 443 g/mol. The Bertz CT molecular complexity index is 1430. The first-order valence-electron chi connectivity index (χ1n) is 9.39. The highest BCUT2D eigenvalue weighted by molar-refractivity contribution is 7.89. The molecule has 4 rings (SSSR count). The summed E-state index contributed by atoms with van der Waals surface area (Å²) in [5.74, 6) is 0. The third kappa shape index (κ3) is 3.68. The quantitative estimate of drug-likeness (QED) is 0.623. The van der Waals surface area contributed by atoms with Crippen molar-refractivity contribution in [3.63, 3.8) is 0 Å².